The van der Waals surface area contributed by atoms with Crippen molar-refractivity contribution < 1.29 is 4.79 Å². The molecular formula is C11H19IN4OS. The molecule has 18 heavy (non-hydrogen) atoms. The number of carbonyl (C=O) groups is 1. The molecule has 102 valence electrons. The van der Waals surface area contributed by atoms with Crippen molar-refractivity contribution in [3.8, 4) is 0 Å². The lowest BCUT2D eigenvalue weighted by Gasteiger charge is -2.10. The van der Waals surface area contributed by atoms with E-state index in [2.05, 4.69) is 40.0 Å². The van der Waals surface area contributed by atoms with Crippen LogP contribution in [0.4, 0.5) is 0 Å². The number of aryl methyl sites for hydroxylation is 1. The van der Waals surface area contributed by atoms with Crippen LogP contribution in [0.5, 0.6) is 0 Å². The van der Waals surface area contributed by atoms with Gasteiger partial charge < -0.3 is 16.0 Å². The number of amides is 1. The molecule has 5 nitrogen and oxygen atoms in total. The highest BCUT2D eigenvalue weighted by molar-refractivity contribution is 14.0. The van der Waals surface area contributed by atoms with Crippen LogP contribution in [0, 0.1) is 6.92 Å². The summed E-state index contributed by atoms with van der Waals surface area (Å²) < 4.78 is 0. The van der Waals surface area contributed by atoms with Crippen molar-refractivity contribution in [1.29, 1.82) is 0 Å². The van der Waals surface area contributed by atoms with Gasteiger partial charge in [0.2, 0.25) is 5.91 Å². The van der Waals surface area contributed by atoms with E-state index in [0.717, 1.165) is 0 Å². The summed E-state index contributed by atoms with van der Waals surface area (Å²) in [6.07, 6.45) is 0. The minimum absolute atomic E-state index is 0. The summed E-state index contributed by atoms with van der Waals surface area (Å²) in [5.74, 6) is 0.555. The number of hydrogen-bond donors (Lipinski definition) is 3. The fourth-order valence-corrected chi connectivity index (χ4v) is 2.05. The van der Waals surface area contributed by atoms with Crippen molar-refractivity contribution in [3.05, 3.63) is 21.9 Å². The Balaban J connectivity index is 0.00000289. The number of likely N-dealkylation sites (N-methyl/N-ethyl adjacent to an activating group) is 1. The van der Waals surface area contributed by atoms with Crippen LogP contribution in [-0.2, 0) is 11.3 Å². The van der Waals surface area contributed by atoms with E-state index >= 15 is 0 Å². The Morgan fingerprint density at radius 1 is 1.39 bits per heavy atom. The molecule has 0 radical (unpaired) electrons. The van der Waals surface area contributed by atoms with Crippen molar-refractivity contribution in [1.82, 2.24) is 16.0 Å². The first kappa shape index (κ1) is 17.2. The summed E-state index contributed by atoms with van der Waals surface area (Å²) in [6.45, 7) is 3.01. The predicted octanol–water partition coefficient (Wildman–Crippen LogP) is 1.09. The second kappa shape index (κ2) is 9.15. The molecule has 0 aromatic carbocycles. The minimum Gasteiger partial charge on any atom is -0.358 e. The molecule has 0 atom stereocenters. The fourth-order valence-electron chi connectivity index (χ4n) is 1.22. The average Bonchev–Trinajstić information content (AvgIpc) is 2.75. The molecule has 0 aliphatic rings. The van der Waals surface area contributed by atoms with Crippen LogP contribution in [0.15, 0.2) is 17.1 Å². The highest BCUT2D eigenvalue weighted by Gasteiger charge is 2.02. The maximum absolute atomic E-state index is 11.1. The van der Waals surface area contributed by atoms with Gasteiger partial charge in [-0.25, -0.2) is 0 Å². The topological polar surface area (TPSA) is 65.5 Å². The van der Waals surface area contributed by atoms with E-state index in [0.29, 0.717) is 12.5 Å². The first-order chi connectivity index (χ1) is 8.15. The lowest BCUT2D eigenvalue weighted by Crippen LogP contribution is -2.42. The van der Waals surface area contributed by atoms with E-state index in [1.165, 1.54) is 9.75 Å². The number of aliphatic imine (C=N–C) groups is 1. The molecule has 0 spiro atoms. The second-order valence-electron chi connectivity index (χ2n) is 3.46. The summed E-state index contributed by atoms with van der Waals surface area (Å²) in [6, 6.07) is 4.17. The molecule has 1 heterocycles. The molecular weight excluding hydrogens is 363 g/mol. The Morgan fingerprint density at radius 3 is 2.61 bits per heavy atom. The molecule has 3 N–H and O–H groups in total. The minimum atomic E-state index is -0.0695. The van der Waals surface area contributed by atoms with Gasteiger partial charge in [-0.15, -0.1) is 35.3 Å². The van der Waals surface area contributed by atoms with Gasteiger partial charge in [0, 0.05) is 23.8 Å². The van der Waals surface area contributed by atoms with Crippen LogP contribution in [-0.4, -0.2) is 32.5 Å². The molecule has 1 aromatic heterocycles. The Kier molecular flexibility index (Phi) is 8.73. The van der Waals surface area contributed by atoms with Gasteiger partial charge in [0.15, 0.2) is 5.96 Å². The van der Waals surface area contributed by atoms with Crippen LogP contribution in [0.25, 0.3) is 0 Å². The number of thiophene rings is 1. The van der Waals surface area contributed by atoms with E-state index in [4.69, 9.17) is 0 Å². The van der Waals surface area contributed by atoms with Gasteiger partial charge in [0.25, 0.3) is 0 Å². The fraction of sp³-hybridized carbons (Fsp3) is 0.455. The highest BCUT2D eigenvalue weighted by Crippen LogP contribution is 2.14. The quantitative estimate of drug-likeness (QED) is 0.415. The summed E-state index contributed by atoms with van der Waals surface area (Å²) in [7, 11) is 3.29. The zero-order chi connectivity index (χ0) is 12.7. The SMILES string of the molecule is CN=C(NCC(=O)NC)NCc1ccc(C)s1.I. The van der Waals surface area contributed by atoms with Crippen LogP contribution in [0.1, 0.15) is 9.75 Å². The van der Waals surface area contributed by atoms with Crippen LogP contribution in [0.2, 0.25) is 0 Å². The van der Waals surface area contributed by atoms with Gasteiger partial charge >= 0.3 is 0 Å². The monoisotopic (exact) mass is 382 g/mol. The van der Waals surface area contributed by atoms with Gasteiger partial charge in [0.05, 0.1) is 13.1 Å². The molecule has 0 aliphatic carbocycles. The van der Waals surface area contributed by atoms with E-state index < -0.39 is 0 Å². The van der Waals surface area contributed by atoms with E-state index in [1.54, 1.807) is 25.4 Å². The third-order valence-corrected chi connectivity index (χ3v) is 3.15. The smallest absolute Gasteiger partial charge is 0.239 e. The second-order valence-corrected chi connectivity index (χ2v) is 4.84. The van der Waals surface area contributed by atoms with Crippen molar-refractivity contribution in [2.24, 2.45) is 4.99 Å². The Labute approximate surface area is 128 Å². The van der Waals surface area contributed by atoms with Gasteiger partial charge in [0.1, 0.15) is 0 Å². The van der Waals surface area contributed by atoms with Gasteiger partial charge in [-0.3, -0.25) is 9.79 Å². The number of nitrogens with zero attached hydrogens (tertiary/aromatic N) is 1. The molecule has 0 fully saturated rings. The third kappa shape index (κ3) is 6.20. The van der Waals surface area contributed by atoms with E-state index in [-0.39, 0.29) is 36.4 Å². The molecule has 1 amide bonds. The highest BCUT2D eigenvalue weighted by atomic mass is 127. The molecule has 1 aromatic rings. The molecule has 0 aliphatic heterocycles. The van der Waals surface area contributed by atoms with Crippen molar-refractivity contribution >= 4 is 47.2 Å². The van der Waals surface area contributed by atoms with Crippen LogP contribution >= 0.6 is 35.3 Å². The zero-order valence-corrected chi connectivity index (χ0v) is 13.9. The average molecular weight is 382 g/mol. The summed E-state index contributed by atoms with van der Waals surface area (Å²) >= 11 is 1.74. The molecule has 1 rings (SSSR count). The number of carbonyl (C=O) groups excluding carboxylic acids is 1. The number of nitrogens with one attached hydrogen (secondary N) is 3. The van der Waals surface area contributed by atoms with Gasteiger partial charge in [-0.2, -0.15) is 0 Å². The third-order valence-electron chi connectivity index (χ3n) is 2.14. The summed E-state index contributed by atoms with van der Waals surface area (Å²) in [4.78, 5) is 17.6. The maximum atomic E-state index is 11.1. The molecule has 0 saturated carbocycles. The van der Waals surface area contributed by atoms with E-state index in [1.807, 2.05) is 0 Å². The Hall–Kier alpha value is -0.830. The first-order valence-corrected chi connectivity index (χ1v) is 6.17. The standard InChI is InChI=1S/C11H18N4OS.HI/c1-8-4-5-9(17-8)6-14-11(13-3)15-7-10(16)12-2;/h4-5H,6-7H2,1-3H3,(H,12,16)(H2,13,14,15);1H. The van der Waals surface area contributed by atoms with Crippen molar-refractivity contribution in [3.63, 3.8) is 0 Å². The van der Waals surface area contributed by atoms with Crippen LogP contribution < -0.4 is 16.0 Å². The molecule has 7 heteroatoms. The van der Waals surface area contributed by atoms with Crippen molar-refractivity contribution in [2.75, 3.05) is 20.6 Å². The lowest BCUT2D eigenvalue weighted by molar-refractivity contribution is -0.119. The maximum Gasteiger partial charge on any atom is 0.239 e. The number of hydrogen-bond acceptors (Lipinski definition) is 3. The van der Waals surface area contributed by atoms with Gasteiger partial charge in [-0.1, -0.05) is 0 Å². The number of rotatable bonds is 4. The molecule has 0 saturated heterocycles. The lowest BCUT2D eigenvalue weighted by atomic mass is 10.4. The summed E-state index contributed by atoms with van der Waals surface area (Å²) in [5, 5.41) is 8.62. The number of guanidine groups is 1. The van der Waals surface area contributed by atoms with E-state index in [9.17, 15) is 4.79 Å². The van der Waals surface area contributed by atoms with Gasteiger partial charge in [-0.05, 0) is 19.1 Å². The van der Waals surface area contributed by atoms with Crippen LogP contribution in [0.3, 0.4) is 0 Å². The summed E-state index contributed by atoms with van der Waals surface area (Å²) in [5.41, 5.74) is 0. The predicted molar refractivity (Wildman–Crippen MR) is 86.7 cm³/mol. The first-order valence-electron chi connectivity index (χ1n) is 5.36. The molecule has 0 bridgehead atoms. The Bertz CT molecular complexity index is 406. The normalized spacial score (nSPS) is 10.5. The largest absolute Gasteiger partial charge is 0.358 e. The zero-order valence-electron chi connectivity index (χ0n) is 10.7. The Morgan fingerprint density at radius 2 is 2.11 bits per heavy atom. The number of halogens is 1. The molecule has 0 unspecified atom stereocenters. The van der Waals surface area contributed by atoms with Crippen molar-refractivity contribution in [2.45, 2.75) is 13.5 Å².